The fourth-order valence-electron chi connectivity index (χ4n) is 4.84. The first-order chi connectivity index (χ1) is 17.6. The number of hydrogen-bond acceptors (Lipinski definition) is 5. The van der Waals surface area contributed by atoms with Gasteiger partial charge in [-0.2, -0.15) is 5.10 Å². The summed E-state index contributed by atoms with van der Waals surface area (Å²) in [7, 11) is 0. The van der Waals surface area contributed by atoms with Crippen LogP contribution >= 0.6 is 0 Å². The van der Waals surface area contributed by atoms with Crippen LogP contribution in [0.2, 0.25) is 0 Å². The van der Waals surface area contributed by atoms with Gasteiger partial charge in [-0.3, -0.25) is 5.10 Å². The molecule has 3 heterocycles. The van der Waals surface area contributed by atoms with E-state index in [1.165, 1.54) is 24.3 Å². The summed E-state index contributed by atoms with van der Waals surface area (Å²) in [5.74, 6) is -0.278. The van der Waals surface area contributed by atoms with Crippen LogP contribution < -0.4 is 4.74 Å². The van der Waals surface area contributed by atoms with Crippen LogP contribution in [-0.4, -0.2) is 39.5 Å². The van der Waals surface area contributed by atoms with Crippen molar-refractivity contribution in [3.63, 3.8) is 0 Å². The molecule has 1 aliphatic rings. The molecule has 6 rings (SSSR count). The first-order valence-electron chi connectivity index (χ1n) is 11.7. The van der Waals surface area contributed by atoms with Crippen molar-refractivity contribution in [1.82, 2.24) is 15.2 Å². The molecule has 0 atom stereocenters. The lowest BCUT2D eigenvalue weighted by molar-refractivity contribution is 0.0697. The number of carboxylic acids is 1. The van der Waals surface area contributed by atoms with E-state index >= 15 is 0 Å². The summed E-state index contributed by atoms with van der Waals surface area (Å²) < 4.78 is 25.9. The minimum absolute atomic E-state index is 0.115. The summed E-state index contributed by atoms with van der Waals surface area (Å²) in [6.07, 6.45) is 3.36. The Labute approximate surface area is 205 Å². The Kier molecular flexibility index (Phi) is 5.58. The minimum Gasteiger partial charge on any atom is -0.478 e. The van der Waals surface area contributed by atoms with Gasteiger partial charge in [0.2, 0.25) is 5.88 Å². The van der Waals surface area contributed by atoms with Crippen LogP contribution in [0.3, 0.4) is 0 Å². The average Bonchev–Trinajstić information content (AvgIpc) is 3.35. The summed E-state index contributed by atoms with van der Waals surface area (Å²) in [6.45, 7) is 1.25. The Morgan fingerprint density at radius 1 is 1.06 bits per heavy atom. The van der Waals surface area contributed by atoms with Gasteiger partial charge in [-0.05, 0) is 78.4 Å². The van der Waals surface area contributed by atoms with Crippen molar-refractivity contribution in [2.24, 2.45) is 0 Å². The molecule has 7 nitrogen and oxygen atoms in total. The van der Waals surface area contributed by atoms with E-state index < -0.39 is 5.97 Å². The number of pyridine rings is 1. The van der Waals surface area contributed by atoms with Gasteiger partial charge >= 0.3 is 5.97 Å². The molecule has 2 aromatic heterocycles. The van der Waals surface area contributed by atoms with Crippen LogP contribution in [0, 0.1) is 5.82 Å². The number of nitrogens with one attached hydrogen (secondary N) is 1. The lowest BCUT2D eigenvalue weighted by Crippen LogP contribution is -2.16. The first-order valence-corrected chi connectivity index (χ1v) is 11.7. The van der Waals surface area contributed by atoms with Crippen LogP contribution in [0.25, 0.3) is 32.9 Å². The van der Waals surface area contributed by atoms with Gasteiger partial charge < -0.3 is 14.6 Å². The number of aromatic nitrogens is 3. The molecule has 0 unspecified atom stereocenters. The van der Waals surface area contributed by atoms with Crippen LogP contribution in [0.1, 0.15) is 34.7 Å². The van der Waals surface area contributed by atoms with Gasteiger partial charge in [0.05, 0.1) is 22.8 Å². The van der Waals surface area contributed by atoms with Crippen molar-refractivity contribution >= 4 is 27.8 Å². The Morgan fingerprint density at radius 2 is 1.81 bits per heavy atom. The fraction of sp³-hybridized carbons (Fsp3) is 0.179. The molecule has 1 saturated heterocycles. The van der Waals surface area contributed by atoms with Gasteiger partial charge in [0.25, 0.3) is 0 Å². The number of carbonyl (C=O) groups is 1. The van der Waals surface area contributed by atoms with Crippen molar-refractivity contribution in [3.05, 3.63) is 83.8 Å². The van der Waals surface area contributed by atoms with E-state index in [0.717, 1.165) is 45.8 Å². The normalized spacial score (nSPS) is 14.4. The van der Waals surface area contributed by atoms with Gasteiger partial charge in [0, 0.05) is 29.5 Å². The van der Waals surface area contributed by atoms with Gasteiger partial charge in [0.15, 0.2) is 0 Å². The molecule has 0 bridgehead atoms. The van der Waals surface area contributed by atoms with Crippen molar-refractivity contribution in [2.45, 2.75) is 18.8 Å². The standard InChI is InChI=1S/C28H22FN3O4/c29-20-5-1-16(2-6-20)25-22-13-19-15-30-32-23(19)14-24(22)31-27(26(25)17-9-11-35-12-10-17)36-21-7-3-18(4-8-21)28(33)34/h1-8,13-15,17H,9-12H2,(H,30,32)(H,33,34). The summed E-state index contributed by atoms with van der Waals surface area (Å²) >= 11 is 0. The number of aromatic amines is 1. The molecule has 5 aromatic rings. The maximum absolute atomic E-state index is 13.9. The lowest BCUT2D eigenvalue weighted by Gasteiger charge is -2.27. The number of nitrogens with zero attached hydrogens (tertiary/aromatic N) is 2. The number of rotatable bonds is 5. The maximum Gasteiger partial charge on any atom is 0.335 e. The highest BCUT2D eigenvalue weighted by Crippen LogP contribution is 2.45. The third-order valence-electron chi connectivity index (χ3n) is 6.63. The van der Waals surface area contributed by atoms with E-state index in [0.29, 0.717) is 30.4 Å². The third kappa shape index (κ3) is 4.05. The molecule has 180 valence electrons. The van der Waals surface area contributed by atoms with E-state index in [1.54, 1.807) is 30.5 Å². The molecule has 2 N–H and O–H groups in total. The van der Waals surface area contributed by atoms with Crippen LogP contribution in [0.5, 0.6) is 11.6 Å². The van der Waals surface area contributed by atoms with Crippen molar-refractivity contribution in [1.29, 1.82) is 0 Å². The highest BCUT2D eigenvalue weighted by atomic mass is 19.1. The topological polar surface area (TPSA) is 97.3 Å². The molecule has 8 heteroatoms. The monoisotopic (exact) mass is 483 g/mol. The SMILES string of the molecule is O=C(O)c1ccc(Oc2nc3cc4[nH]ncc4cc3c(-c3ccc(F)cc3)c2C2CCOCC2)cc1. The molecule has 3 aromatic carbocycles. The van der Waals surface area contributed by atoms with Gasteiger partial charge in [-0.25, -0.2) is 14.2 Å². The Morgan fingerprint density at radius 3 is 2.53 bits per heavy atom. The molecule has 0 spiro atoms. The largest absolute Gasteiger partial charge is 0.478 e. The van der Waals surface area contributed by atoms with Crippen molar-refractivity contribution < 1.29 is 23.8 Å². The molecule has 0 saturated carbocycles. The Balaban J connectivity index is 1.61. The molecule has 1 fully saturated rings. The molecule has 0 amide bonds. The summed E-state index contributed by atoms with van der Waals surface area (Å²) in [5, 5.41) is 18.3. The van der Waals surface area contributed by atoms with E-state index in [2.05, 4.69) is 10.2 Å². The number of hydrogen-bond donors (Lipinski definition) is 2. The number of aromatic carboxylic acids is 1. The highest BCUT2D eigenvalue weighted by Gasteiger charge is 2.27. The van der Waals surface area contributed by atoms with Crippen LogP contribution in [0.4, 0.5) is 4.39 Å². The van der Waals surface area contributed by atoms with E-state index in [4.69, 9.17) is 14.5 Å². The summed E-state index contributed by atoms with van der Waals surface area (Å²) in [4.78, 5) is 16.2. The zero-order chi connectivity index (χ0) is 24.6. The molecule has 0 radical (unpaired) electrons. The molecule has 0 aliphatic carbocycles. The molecule has 1 aliphatic heterocycles. The van der Waals surface area contributed by atoms with Gasteiger partial charge in [-0.1, -0.05) is 12.1 Å². The summed E-state index contributed by atoms with van der Waals surface area (Å²) in [6, 6.07) is 16.7. The number of benzene rings is 3. The van der Waals surface area contributed by atoms with Gasteiger partial charge in [0.1, 0.15) is 11.6 Å². The van der Waals surface area contributed by atoms with E-state index in [9.17, 15) is 14.3 Å². The predicted octanol–water partition coefficient (Wildman–Crippen LogP) is 6.30. The second-order valence-corrected chi connectivity index (χ2v) is 8.86. The molecular weight excluding hydrogens is 461 g/mol. The third-order valence-corrected chi connectivity index (χ3v) is 6.63. The van der Waals surface area contributed by atoms with Crippen LogP contribution in [0.15, 0.2) is 66.9 Å². The highest BCUT2D eigenvalue weighted by molar-refractivity contribution is 6.04. The lowest BCUT2D eigenvalue weighted by atomic mass is 9.84. The minimum atomic E-state index is -1.00. The molecule has 36 heavy (non-hydrogen) atoms. The second kappa shape index (κ2) is 9.05. The van der Waals surface area contributed by atoms with Gasteiger partial charge in [-0.15, -0.1) is 0 Å². The number of carboxylic acid groups (broad SMARTS) is 1. The smallest absolute Gasteiger partial charge is 0.335 e. The second-order valence-electron chi connectivity index (χ2n) is 8.86. The average molecular weight is 483 g/mol. The fourth-order valence-corrected chi connectivity index (χ4v) is 4.84. The zero-order valence-electron chi connectivity index (χ0n) is 19.2. The maximum atomic E-state index is 13.9. The Bertz CT molecular complexity index is 1570. The molecular formula is C28H22FN3O4. The zero-order valence-corrected chi connectivity index (χ0v) is 19.2. The van der Waals surface area contributed by atoms with Crippen molar-refractivity contribution in [2.75, 3.05) is 13.2 Å². The first kappa shape index (κ1) is 22.2. The Hall–Kier alpha value is -4.30. The number of H-pyrrole nitrogens is 1. The number of fused-ring (bicyclic) bond motifs is 2. The number of halogens is 1. The van der Waals surface area contributed by atoms with E-state index in [-0.39, 0.29) is 17.3 Å². The number of ether oxygens (including phenoxy) is 2. The predicted molar refractivity (Wildman–Crippen MR) is 133 cm³/mol. The van der Waals surface area contributed by atoms with Crippen LogP contribution in [-0.2, 0) is 4.74 Å². The van der Waals surface area contributed by atoms with Crippen molar-refractivity contribution in [3.8, 4) is 22.8 Å². The summed E-state index contributed by atoms with van der Waals surface area (Å²) in [5.41, 5.74) is 4.45. The van der Waals surface area contributed by atoms with E-state index in [1.807, 2.05) is 12.1 Å². The quantitative estimate of drug-likeness (QED) is 0.304.